The van der Waals surface area contributed by atoms with Crippen LogP contribution in [0.3, 0.4) is 0 Å². The van der Waals surface area contributed by atoms with E-state index in [1.807, 2.05) is 18.4 Å². The third-order valence-corrected chi connectivity index (χ3v) is 5.66. The highest BCUT2D eigenvalue weighted by Gasteiger charge is 2.15. The highest BCUT2D eigenvalue weighted by molar-refractivity contribution is 7.19. The molecule has 0 radical (unpaired) electrons. The molecule has 2 heterocycles. The molecule has 1 fully saturated rings. The van der Waals surface area contributed by atoms with Gasteiger partial charge in [-0.1, -0.05) is 37.5 Å². The Morgan fingerprint density at radius 2 is 1.76 bits per heavy atom. The smallest absolute Gasteiger partial charge is 0.0349 e. The number of thiophene rings is 1. The van der Waals surface area contributed by atoms with Crippen LogP contribution in [0.5, 0.6) is 0 Å². The first kappa shape index (κ1) is 15.0. The molecular weight excluding hydrogens is 276 g/mol. The average molecular weight is 302 g/mol. The second-order valence-corrected chi connectivity index (χ2v) is 7.21. The monoisotopic (exact) mass is 302 g/mol. The summed E-state index contributed by atoms with van der Waals surface area (Å²) in [5.41, 5.74) is 1.56. The molecule has 2 aromatic rings. The van der Waals surface area contributed by atoms with Gasteiger partial charge in [-0.3, -0.25) is 4.90 Å². The standard InChI is InChI=1S/C18H26N2S/c1-19-13-18-16(15-9-5-6-10-17(15)21-18)14-20-11-7-3-2-4-8-12-20/h5-6,9-10,19H,2-4,7-8,11-14H2,1H3. The number of hydrogen-bond donors (Lipinski definition) is 1. The molecule has 2 nitrogen and oxygen atoms in total. The summed E-state index contributed by atoms with van der Waals surface area (Å²) in [5.74, 6) is 0. The van der Waals surface area contributed by atoms with Crippen LogP contribution in [0.15, 0.2) is 24.3 Å². The lowest BCUT2D eigenvalue weighted by Gasteiger charge is -2.25. The molecule has 0 bridgehead atoms. The molecule has 0 atom stereocenters. The Morgan fingerprint density at radius 1 is 1.05 bits per heavy atom. The molecule has 1 saturated heterocycles. The van der Waals surface area contributed by atoms with Gasteiger partial charge in [0.25, 0.3) is 0 Å². The number of nitrogens with zero attached hydrogens (tertiary/aromatic N) is 1. The van der Waals surface area contributed by atoms with Gasteiger partial charge in [-0.15, -0.1) is 11.3 Å². The first-order valence-corrected chi connectivity index (χ1v) is 9.06. The molecule has 0 amide bonds. The van der Waals surface area contributed by atoms with Crippen molar-refractivity contribution in [2.75, 3.05) is 20.1 Å². The van der Waals surface area contributed by atoms with E-state index in [0.717, 1.165) is 13.1 Å². The number of likely N-dealkylation sites (tertiary alicyclic amines) is 1. The number of nitrogens with one attached hydrogen (secondary N) is 1. The summed E-state index contributed by atoms with van der Waals surface area (Å²) >= 11 is 1.96. The van der Waals surface area contributed by atoms with Crippen LogP contribution in [0.1, 0.15) is 42.5 Å². The van der Waals surface area contributed by atoms with Gasteiger partial charge in [0.15, 0.2) is 0 Å². The second-order valence-electron chi connectivity index (χ2n) is 6.07. The normalized spacial score (nSPS) is 17.8. The highest BCUT2D eigenvalue weighted by atomic mass is 32.1. The fourth-order valence-corrected chi connectivity index (χ4v) is 4.55. The van der Waals surface area contributed by atoms with Gasteiger partial charge in [-0.05, 0) is 50.0 Å². The fraction of sp³-hybridized carbons (Fsp3) is 0.556. The summed E-state index contributed by atoms with van der Waals surface area (Å²) in [7, 11) is 2.05. The lowest BCUT2D eigenvalue weighted by Crippen LogP contribution is -2.27. The zero-order chi connectivity index (χ0) is 14.5. The lowest BCUT2D eigenvalue weighted by molar-refractivity contribution is 0.240. The van der Waals surface area contributed by atoms with Crippen LogP contribution in [0.4, 0.5) is 0 Å². The van der Waals surface area contributed by atoms with E-state index in [0.29, 0.717) is 0 Å². The van der Waals surface area contributed by atoms with E-state index in [1.165, 1.54) is 60.2 Å². The molecule has 0 aliphatic carbocycles. The maximum atomic E-state index is 3.34. The topological polar surface area (TPSA) is 15.3 Å². The van der Waals surface area contributed by atoms with Crippen molar-refractivity contribution < 1.29 is 0 Å². The third-order valence-electron chi connectivity index (χ3n) is 4.45. The Balaban J connectivity index is 1.85. The minimum absolute atomic E-state index is 0.989. The van der Waals surface area contributed by atoms with Gasteiger partial charge in [0.1, 0.15) is 0 Å². The molecule has 1 aromatic carbocycles. The van der Waals surface area contributed by atoms with Crippen molar-refractivity contribution in [3.05, 3.63) is 34.7 Å². The largest absolute Gasteiger partial charge is 0.315 e. The third kappa shape index (κ3) is 3.65. The summed E-state index contributed by atoms with van der Waals surface area (Å²) < 4.78 is 1.43. The van der Waals surface area contributed by atoms with E-state index < -0.39 is 0 Å². The first-order valence-electron chi connectivity index (χ1n) is 8.24. The molecule has 3 heteroatoms. The fourth-order valence-electron chi connectivity index (χ4n) is 3.32. The van der Waals surface area contributed by atoms with Crippen molar-refractivity contribution in [3.63, 3.8) is 0 Å². The maximum Gasteiger partial charge on any atom is 0.0349 e. The number of benzene rings is 1. The van der Waals surface area contributed by atoms with Crippen LogP contribution in [0.2, 0.25) is 0 Å². The van der Waals surface area contributed by atoms with Crippen molar-refractivity contribution in [1.82, 2.24) is 10.2 Å². The van der Waals surface area contributed by atoms with Gasteiger partial charge in [-0.2, -0.15) is 0 Å². The quantitative estimate of drug-likeness (QED) is 0.901. The van der Waals surface area contributed by atoms with E-state index in [4.69, 9.17) is 0 Å². The summed E-state index contributed by atoms with van der Waals surface area (Å²) in [4.78, 5) is 4.19. The summed E-state index contributed by atoms with van der Waals surface area (Å²) in [5, 5.41) is 4.80. The van der Waals surface area contributed by atoms with Gasteiger partial charge < -0.3 is 5.32 Å². The zero-order valence-corrected chi connectivity index (χ0v) is 13.8. The van der Waals surface area contributed by atoms with Crippen LogP contribution in [0.25, 0.3) is 10.1 Å². The summed E-state index contributed by atoms with van der Waals surface area (Å²) in [6.07, 6.45) is 6.97. The molecule has 3 rings (SSSR count). The summed E-state index contributed by atoms with van der Waals surface area (Å²) in [6.45, 7) is 4.65. The molecular formula is C18H26N2S. The van der Waals surface area contributed by atoms with E-state index >= 15 is 0 Å². The predicted molar refractivity (Wildman–Crippen MR) is 93.0 cm³/mol. The van der Waals surface area contributed by atoms with Gasteiger partial charge in [0.05, 0.1) is 0 Å². The molecule has 0 spiro atoms. The van der Waals surface area contributed by atoms with E-state index in [9.17, 15) is 0 Å². The van der Waals surface area contributed by atoms with Gasteiger partial charge in [-0.25, -0.2) is 0 Å². The SMILES string of the molecule is CNCc1sc2ccccc2c1CN1CCCCCCC1. The molecule has 1 aliphatic heterocycles. The second kappa shape index (κ2) is 7.39. The van der Waals surface area contributed by atoms with Crippen molar-refractivity contribution in [2.24, 2.45) is 0 Å². The predicted octanol–water partition coefficient (Wildman–Crippen LogP) is 4.39. The van der Waals surface area contributed by atoms with Gasteiger partial charge in [0.2, 0.25) is 0 Å². The average Bonchev–Trinajstić information content (AvgIpc) is 2.80. The number of rotatable bonds is 4. The van der Waals surface area contributed by atoms with Crippen molar-refractivity contribution >= 4 is 21.4 Å². The Bertz CT molecular complexity index is 568. The van der Waals surface area contributed by atoms with Gasteiger partial charge >= 0.3 is 0 Å². The van der Waals surface area contributed by atoms with Crippen LogP contribution in [-0.4, -0.2) is 25.0 Å². The first-order chi connectivity index (χ1) is 10.4. The Morgan fingerprint density at radius 3 is 2.52 bits per heavy atom. The van der Waals surface area contributed by atoms with Crippen molar-refractivity contribution in [3.8, 4) is 0 Å². The van der Waals surface area contributed by atoms with Crippen LogP contribution in [0, 0.1) is 0 Å². The van der Waals surface area contributed by atoms with E-state index in [-0.39, 0.29) is 0 Å². The molecule has 0 saturated carbocycles. The van der Waals surface area contributed by atoms with Crippen LogP contribution in [-0.2, 0) is 13.1 Å². The molecule has 1 aromatic heterocycles. The Hall–Kier alpha value is -0.900. The Labute approximate surface area is 132 Å². The minimum Gasteiger partial charge on any atom is -0.315 e. The van der Waals surface area contributed by atoms with Gasteiger partial charge in [0, 0.05) is 22.7 Å². The maximum absolute atomic E-state index is 3.34. The Kier molecular flexibility index (Phi) is 5.28. The number of fused-ring (bicyclic) bond motifs is 1. The van der Waals surface area contributed by atoms with E-state index in [2.05, 4.69) is 34.5 Å². The van der Waals surface area contributed by atoms with Crippen LogP contribution >= 0.6 is 11.3 Å². The summed E-state index contributed by atoms with van der Waals surface area (Å²) in [6, 6.07) is 8.89. The molecule has 1 N–H and O–H groups in total. The van der Waals surface area contributed by atoms with E-state index in [1.54, 1.807) is 5.56 Å². The minimum atomic E-state index is 0.989. The van der Waals surface area contributed by atoms with Crippen molar-refractivity contribution in [1.29, 1.82) is 0 Å². The highest BCUT2D eigenvalue weighted by Crippen LogP contribution is 2.32. The molecule has 0 unspecified atom stereocenters. The van der Waals surface area contributed by atoms with Crippen LogP contribution < -0.4 is 5.32 Å². The molecule has 114 valence electrons. The molecule has 1 aliphatic rings. The zero-order valence-electron chi connectivity index (χ0n) is 13.0. The number of hydrogen-bond acceptors (Lipinski definition) is 3. The van der Waals surface area contributed by atoms with Crippen molar-refractivity contribution in [2.45, 2.75) is 45.2 Å². The molecule has 21 heavy (non-hydrogen) atoms. The lowest BCUT2D eigenvalue weighted by atomic mass is 10.1.